The van der Waals surface area contributed by atoms with Crippen LogP contribution in [0.25, 0.3) is 0 Å². The average Bonchev–Trinajstić information content (AvgIpc) is 2.18. The first-order valence-corrected chi connectivity index (χ1v) is 5.71. The summed E-state index contributed by atoms with van der Waals surface area (Å²) >= 11 is 0. The van der Waals surface area contributed by atoms with Crippen LogP contribution in [0.2, 0.25) is 0 Å². The Morgan fingerprint density at radius 2 is 2.07 bits per heavy atom. The van der Waals surface area contributed by atoms with Crippen LogP contribution in [-0.4, -0.2) is 21.2 Å². The number of aliphatic hydroxyl groups is 1. The van der Waals surface area contributed by atoms with Crippen molar-refractivity contribution in [1.29, 1.82) is 0 Å². The Morgan fingerprint density at radius 1 is 1.50 bits per heavy atom. The van der Waals surface area contributed by atoms with Crippen LogP contribution in [0.3, 0.4) is 0 Å². The summed E-state index contributed by atoms with van der Waals surface area (Å²) in [6.07, 6.45) is 0.698. The lowest BCUT2D eigenvalue weighted by Crippen LogP contribution is -2.13. The Hall–Kier alpha value is -0.930. The molecule has 2 atom stereocenters. The molecule has 0 aliphatic carbocycles. The second-order valence-electron chi connectivity index (χ2n) is 3.13. The topological polar surface area (TPSA) is 37.3 Å². The molecule has 0 saturated heterocycles. The summed E-state index contributed by atoms with van der Waals surface area (Å²) in [5.41, 5.74) is 1.13. The van der Waals surface area contributed by atoms with E-state index in [1.54, 1.807) is 0 Å². The first-order valence-electron chi connectivity index (χ1n) is 4.39. The Kier molecular flexibility index (Phi) is 4.04. The fourth-order valence-corrected chi connectivity index (χ4v) is 2.09. The summed E-state index contributed by atoms with van der Waals surface area (Å²) in [5, 5.41) is 9.23. The van der Waals surface area contributed by atoms with Crippen molar-refractivity contribution in [2.75, 3.05) is 5.75 Å². The summed E-state index contributed by atoms with van der Waals surface area (Å²) in [6.45, 7) is 5.41. The maximum atomic E-state index is 11.6. The molecule has 3 heteroatoms. The first kappa shape index (κ1) is 11.1. The van der Waals surface area contributed by atoms with Crippen molar-refractivity contribution >= 4 is 10.8 Å². The van der Waals surface area contributed by atoms with Gasteiger partial charge in [-0.05, 0) is 19.1 Å². The monoisotopic (exact) mass is 210 g/mol. The third-order valence-corrected chi connectivity index (χ3v) is 3.32. The zero-order valence-corrected chi connectivity index (χ0v) is 8.96. The molecule has 1 aromatic rings. The van der Waals surface area contributed by atoms with E-state index in [0.29, 0.717) is 0 Å². The Balaban J connectivity index is 2.70. The number of rotatable bonds is 4. The van der Waals surface area contributed by atoms with Crippen LogP contribution in [-0.2, 0) is 10.8 Å². The third kappa shape index (κ3) is 3.09. The van der Waals surface area contributed by atoms with Gasteiger partial charge in [-0.25, -0.2) is 0 Å². The predicted molar refractivity (Wildman–Crippen MR) is 58.7 cm³/mol. The molecule has 1 N–H and O–H groups in total. The summed E-state index contributed by atoms with van der Waals surface area (Å²) in [4.78, 5) is 0.747. The molecule has 1 rings (SSSR count). The van der Waals surface area contributed by atoms with Crippen molar-refractivity contribution in [1.82, 2.24) is 0 Å². The van der Waals surface area contributed by atoms with Crippen molar-refractivity contribution in [3.05, 3.63) is 42.5 Å². The molecule has 14 heavy (non-hydrogen) atoms. The van der Waals surface area contributed by atoms with Gasteiger partial charge < -0.3 is 5.11 Å². The minimum Gasteiger partial charge on any atom is -0.388 e. The van der Waals surface area contributed by atoms with Crippen LogP contribution in [0, 0.1) is 6.92 Å². The maximum absolute atomic E-state index is 11.6. The molecule has 2 unspecified atom stereocenters. The number of hydrogen-bond acceptors (Lipinski definition) is 2. The number of aliphatic hydroxyl groups excluding tert-OH is 1. The van der Waals surface area contributed by atoms with Gasteiger partial charge in [0.05, 0.1) is 22.7 Å². The van der Waals surface area contributed by atoms with Gasteiger partial charge in [0.1, 0.15) is 0 Å². The van der Waals surface area contributed by atoms with Crippen molar-refractivity contribution in [2.45, 2.75) is 17.9 Å². The van der Waals surface area contributed by atoms with Crippen LogP contribution in [0.15, 0.2) is 41.8 Å². The highest BCUT2D eigenvalue weighted by Gasteiger charge is 2.07. The summed E-state index contributed by atoms with van der Waals surface area (Å²) < 4.78 is 11.6. The molecule has 0 bridgehead atoms. The minimum absolute atomic E-state index is 0.215. The molecule has 0 spiro atoms. The highest BCUT2D eigenvalue weighted by Crippen LogP contribution is 2.09. The van der Waals surface area contributed by atoms with E-state index in [1.165, 1.54) is 6.08 Å². The summed E-state index contributed by atoms with van der Waals surface area (Å²) in [5.74, 6) is 0.215. The molecule has 0 heterocycles. The highest BCUT2D eigenvalue weighted by atomic mass is 32.2. The van der Waals surface area contributed by atoms with Crippen LogP contribution in [0.1, 0.15) is 5.56 Å². The Labute approximate surface area is 86.7 Å². The van der Waals surface area contributed by atoms with Gasteiger partial charge in [-0.1, -0.05) is 23.8 Å². The van der Waals surface area contributed by atoms with E-state index >= 15 is 0 Å². The van der Waals surface area contributed by atoms with Crippen molar-refractivity contribution in [3.8, 4) is 0 Å². The standard InChI is InChI=1S/C11H14O2S/c1-3-10(12)8-14(13)11-6-4-9(2)5-7-11/h3-7,10,12H,1,8H2,2H3. The molecule has 76 valence electrons. The van der Waals surface area contributed by atoms with Crippen LogP contribution >= 0.6 is 0 Å². The van der Waals surface area contributed by atoms with Crippen molar-refractivity contribution in [2.24, 2.45) is 0 Å². The number of hydrogen-bond donors (Lipinski definition) is 1. The van der Waals surface area contributed by atoms with Gasteiger partial charge in [-0.3, -0.25) is 4.21 Å². The lowest BCUT2D eigenvalue weighted by molar-refractivity contribution is 0.248. The fourth-order valence-electron chi connectivity index (χ4n) is 1.01. The highest BCUT2D eigenvalue weighted by molar-refractivity contribution is 7.85. The van der Waals surface area contributed by atoms with E-state index in [-0.39, 0.29) is 5.75 Å². The second-order valence-corrected chi connectivity index (χ2v) is 4.62. The quantitative estimate of drug-likeness (QED) is 0.767. The van der Waals surface area contributed by atoms with E-state index in [4.69, 9.17) is 0 Å². The van der Waals surface area contributed by atoms with E-state index in [9.17, 15) is 9.32 Å². The molecule has 0 radical (unpaired) electrons. The molecular formula is C11H14O2S. The summed E-state index contributed by atoms with van der Waals surface area (Å²) in [6, 6.07) is 7.46. The summed E-state index contributed by atoms with van der Waals surface area (Å²) in [7, 11) is -1.14. The van der Waals surface area contributed by atoms with E-state index in [0.717, 1.165) is 10.5 Å². The van der Waals surface area contributed by atoms with Gasteiger partial charge in [0.25, 0.3) is 0 Å². The van der Waals surface area contributed by atoms with Gasteiger partial charge in [0, 0.05) is 4.90 Å². The van der Waals surface area contributed by atoms with E-state index in [1.807, 2.05) is 31.2 Å². The largest absolute Gasteiger partial charge is 0.388 e. The molecule has 0 aromatic heterocycles. The Bertz CT molecular complexity index is 330. The SMILES string of the molecule is C=CC(O)CS(=O)c1ccc(C)cc1. The molecule has 1 aromatic carbocycles. The van der Waals surface area contributed by atoms with Gasteiger partial charge in [0.15, 0.2) is 0 Å². The van der Waals surface area contributed by atoms with Crippen LogP contribution in [0.4, 0.5) is 0 Å². The van der Waals surface area contributed by atoms with Crippen LogP contribution < -0.4 is 0 Å². The normalized spacial score (nSPS) is 14.7. The molecule has 0 saturated carbocycles. The molecular weight excluding hydrogens is 196 g/mol. The van der Waals surface area contributed by atoms with Gasteiger partial charge >= 0.3 is 0 Å². The van der Waals surface area contributed by atoms with E-state index < -0.39 is 16.9 Å². The average molecular weight is 210 g/mol. The van der Waals surface area contributed by atoms with Gasteiger partial charge in [-0.2, -0.15) is 0 Å². The number of benzene rings is 1. The van der Waals surface area contributed by atoms with Crippen LogP contribution in [0.5, 0.6) is 0 Å². The molecule has 0 fully saturated rings. The van der Waals surface area contributed by atoms with Crippen molar-refractivity contribution < 1.29 is 9.32 Å². The fraction of sp³-hybridized carbons (Fsp3) is 0.273. The van der Waals surface area contributed by atoms with Crippen molar-refractivity contribution in [3.63, 3.8) is 0 Å². The molecule has 0 amide bonds. The van der Waals surface area contributed by atoms with E-state index in [2.05, 4.69) is 6.58 Å². The first-order chi connectivity index (χ1) is 6.63. The van der Waals surface area contributed by atoms with Gasteiger partial charge in [0.2, 0.25) is 0 Å². The number of aryl methyl sites for hydroxylation is 1. The maximum Gasteiger partial charge on any atom is 0.0837 e. The lowest BCUT2D eigenvalue weighted by Gasteiger charge is -2.05. The molecule has 0 aliphatic heterocycles. The zero-order valence-electron chi connectivity index (χ0n) is 8.14. The second kappa shape index (κ2) is 5.08. The zero-order chi connectivity index (χ0) is 10.6. The Morgan fingerprint density at radius 3 is 2.57 bits per heavy atom. The third-order valence-electron chi connectivity index (χ3n) is 1.88. The van der Waals surface area contributed by atoms with Gasteiger partial charge in [-0.15, -0.1) is 6.58 Å². The smallest absolute Gasteiger partial charge is 0.0837 e. The molecule has 0 aliphatic rings. The predicted octanol–water partition coefficient (Wildman–Crippen LogP) is 1.65. The lowest BCUT2D eigenvalue weighted by atomic mass is 10.2. The minimum atomic E-state index is -1.14. The molecule has 2 nitrogen and oxygen atoms in total.